The van der Waals surface area contributed by atoms with Gasteiger partial charge in [0.15, 0.2) is 0 Å². The Labute approximate surface area is 182 Å². The van der Waals surface area contributed by atoms with Gasteiger partial charge in [-0.3, -0.25) is 14.5 Å². The van der Waals surface area contributed by atoms with Gasteiger partial charge < -0.3 is 19.9 Å². The molecule has 1 N–H and O–H groups in total. The van der Waals surface area contributed by atoms with Gasteiger partial charge in [-0.2, -0.15) is 0 Å². The van der Waals surface area contributed by atoms with Crippen molar-refractivity contribution >= 4 is 29.1 Å². The first-order valence-corrected chi connectivity index (χ1v) is 10.9. The van der Waals surface area contributed by atoms with Crippen molar-refractivity contribution in [2.45, 2.75) is 24.8 Å². The summed E-state index contributed by atoms with van der Waals surface area (Å²) in [6.45, 7) is 8.34. The van der Waals surface area contributed by atoms with Crippen molar-refractivity contribution in [1.29, 1.82) is 0 Å². The molecular formula is C22H29ClN4O3. The Hall–Kier alpha value is -2.25. The molecule has 0 aromatic heterocycles. The van der Waals surface area contributed by atoms with Gasteiger partial charge in [-0.1, -0.05) is 18.2 Å². The molecule has 4 rings (SSSR count). The van der Waals surface area contributed by atoms with E-state index < -0.39 is 0 Å². The minimum atomic E-state index is -0.00592. The van der Waals surface area contributed by atoms with Gasteiger partial charge in [0.1, 0.15) is 5.75 Å². The Morgan fingerprint density at radius 3 is 2.50 bits per heavy atom. The maximum atomic E-state index is 12.7. The van der Waals surface area contributed by atoms with Crippen molar-refractivity contribution in [3.8, 4) is 5.75 Å². The van der Waals surface area contributed by atoms with Gasteiger partial charge in [0.25, 0.3) is 0 Å². The van der Waals surface area contributed by atoms with Crippen LogP contribution in [0.5, 0.6) is 5.75 Å². The number of rotatable bonds is 7. The number of piperazine rings is 1. The highest BCUT2D eigenvalue weighted by molar-refractivity contribution is 6.31. The number of anilines is 1. The van der Waals surface area contributed by atoms with Crippen LogP contribution in [0.2, 0.25) is 5.02 Å². The molecule has 2 amide bonds. The minimum absolute atomic E-state index is 0.00592. The lowest BCUT2D eigenvalue weighted by molar-refractivity contribution is -0.135. The maximum Gasteiger partial charge on any atom is 0.246 e. The molecule has 2 saturated heterocycles. The lowest BCUT2D eigenvalue weighted by atomic mass is 10.1. The average Bonchev–Trinajstić information content (AvgIpc) is 3.56. The fourth-order valence-electron chi connectivity index (χ4n) is 4.20. The summed E-state index contributed by atoms with van der Waals surface area (Å²) >= 11 is 6.38. The Morgan fingerprint density at radius 2 is 1.90 bits per heavy atom. The van der Waals surface area contributed by atoms with E-state index in [0.717, 1.165) is 55.3 Å². The number of carbonyl (C=O) groups is 2. The van der Waals surface area contributed by atoms with Gasteiger partial charge in [0.2, 0.25) is 11.8 Å². The van der Waals surface area contributed by atoms with Gasteiger partial charge in [0, 0.05) is 56.4 Å². The zero-order valence-corrected chi connectivity index (χ0v) is 18.2. The largest absolute Gasteiger partial charge is 0.495 e. The van der Waals surface area contributed by atoms with Gasteiger partial charge in [-0.15, -0.1) is 0 Å². The quantitative estimate of drug-likeness (QED) is 0.669. The molecule has 2 heterocycles. The molecule has 0 bridgehead atoms. The third-order valence-corrected chi connectivity index (χ3v) is 6.63. The molecule has 0 atom stereocenters. The molecule has 1 aromatic carbocycles. The summed E-state index contributed by atoms with van der Waals surface area (Å²) < 4.78 is 5.44. The zero-order valence-electron chi connectivity index (χ0n) is 17.4. The molecule has 1 saturated carbocycles. The third kappa shape index (κ3) is 4.42. The fourth-order valence-corrected chi connectivity index (χ4v) is 4.51. The molecular weight excluding hydrogens is 404 g/mol. The van der Waals surface area contributed by atoms with E-state index in [4.69, 9.17) is 16.3 Å². The normalized spacial score (nSPS) is 19.9. The molecule has 7 nitrogen and oxygen atoms in total. The lowest BCUT2D eigenvalue weighted by Gasteiger charge is -2.47. The van der Waals surface area contributed by atoms with Gasteiger partial charge >= 0.3 is 0 Å². The van der Waals surface area contributed by atoms with E-state index in [1.807, 2.05) is 17.0 Å². The molecule has 0 radical (unpaired) electrons. The number of amides is 2. The van der Waals surface area contributed by atoms with E-state index in [0.29, 0.717) is 30.8 Å². The molecule has 2 aliphatic heterocycles. The topological polar surface area (TPSA) is 65.1 Å². The van der Waals surface area contributed by atoms with E-state index in [1.54, 1.807) is 12.0 Å². The Morgan fingerprint density at radius 1 is 1.20 bits per heavy atom. The van der Waals surface area contributed by atoms with Crippen LogP contribution in [0.3, 0.4) is 0 Å². The van der Waals surface area contributed by atoms with Crippen molar-refractivity contribution in [3.05, 3.63) is 35.4 Å². The molecule has 3 aliphatic rings. The van der Waals surface area contributed by atoms with E-state index >= 15 is 0 Å². The Balaban J connectivity index is 1.26. The number of benzene rings is 1. The van der Waals surface area contributed by atoms with E-state index in [9.17, 15) is 9.59 Å². The number of nitrogens with one attached hydrogen (secondary N) is 1. The summed E-state index contributed by atoms with van der Waals surface area (Å²) in [6.07, 6.45) is 3.69. The third-order valence-electron chi connectivity index (χ3n) is 6.30. The molecule has 0 spiro atoms. The number of nitrogens with zero attached hydrogens (tertiary/aromatic N) is 3. The smallest absolute Gasteiger partial charge is 0.246 e. The van der Waals surface area contributed by atoms with Crippen LogP contribution in [0, 0.1) is 0 Å². The number of methoxy groups -OCH3 is 1. The number of hydrogen-bond donors (Lipinski definition) is 1. The van der Waals surface area contributed by atoms with Gasteiger partial charge in [0.05, 0.1) is 19.3 Å². The van der Waals surface area contributed by atoms with Crippen LogP contribution >= 0.6 is 11.6 Å². The van der Waals surface area contributed by atoms with Crippen LogP contribution in [0.4, 0.5) is 5.69 Å². The van der Waals surface area contributed by atoms with E-state index in [2.05, 4.69) is 16.8 Å². The zero-order chi connectivity index (χ0) is 21.3. The summed E-state index contributed by atoms with van der Waals surface area (Å²) in [5.74, 6) is 1.26. The number of carbonyl (C=O) groups excluding carboxylic acids is 2. The SMILES string of the molecule is C=CC(=O)N1CC(N2CCN(C(=O)CNc3cc(C4CC4)c(Cl)cc3OC)CC2)C1. The van der Waals surface area contributed by atoms with E-state index in [1.165, 1.54) is 6.08 Å². The van der Waals surface area contributed by atoms with Crippen LogP contribution < -0.4 is 10.1 Å². The summed E-state index contributed by atoms with van der Waals surface area (Å²) in [6, 6.07) is 4.25. The molecule has 162 valence electrons. The maximum absolute atomic E-state index is 12.7. The van der Waals surface area contributed by atoms with Crippen molar-refractivity contribution in [1.82, 2.24) is 14.7 Å². The van der Waals surface area contributed by atoms with Crippen LogP contribution in [0.25, 0.3) is 0 Å². The van der Waals surface area contributed by atoms with Crippen LogP contribution in [-0.2, 0) is 9.59 Å². The highest BCUT2D eigenvalue weighted by Crippen LogP contribution is 2.46. The number of hydrogen-bond acceptors (Lipinski definition) is 5. The highest BCUT2D eigenvalue weighted by Gasteiger charge is 2.35. The average molecular weight is 433 g/mol. The predicted molar refractivity (Wildman–Crippen MR) is 117 cm³/mol. The van der Waals surface area contributed by atoms with Crippen LogP contribution in [-0.4, -0.2) is 85.5 Å². The van der Waals surface area contributed by atoms with Crippen molar-refractivity contribution in [2.24, 2.45) is 0 Å². The van der Waals surface area contributed by atoms with Crippen LogP contribution in [0.1, 0.15) is 24.3 Å². The fraction of sp³-hybridized carbons (Fsp3) is 0.545. The predicted octanol–water partition coefficient (Wildman–Crippen LogP) is 2.18. The summed E-state index contributed by atoms with van der Waals surface area (Å²) in [5, 5.41) is 3.98. The Kier molecular flexibility index (Phi) is 6.20. The van der Waals surface area contributed by atoms with Gasteiger partial charge in [-0.25, -0.2) is 0 Å². The summed E-state index contributed by atoms with van der Waals surface area (Å²) in [4.78, 5) is 30.4. The summed E-state index contributed by atoms with van der Waals surface area (Å²) in [5.41, 5.74) is 1.95. The number of ether oxygens (including phenoxy) is 1. The number of halogens is 1. The summed E-state index contributed by atoms with van der Waals surface area (Å²) in [7, 11) is 1.61. The first kappa shape index (κ1) is 21.0. The highest BCUT2D eigenvalue weighted by atomic mass is 35.5. The molecule has 8 heteroatoms. The second-order valence-corrected chi connectivity index (χ2v) is 8.63. The van der Waals surface area contributed by atoms with Crippen molar-refractivity contribution in [3.63, 3.8) is 0 Å². The molecule has 3 fully saturated rings. The van der Waals surface area contributed by atoms with E-state index in [-0.39, 0.29) is 18.4 Å². The molecule has 30 heavy (non-hydrogen) atoms. The standard InChI is InChI=1S/C22H29ClN4O3/c1-3-21(28)27-13-16(14-27)25-6-8-26(9-7-25)22(29)12-24-19-10-17(15-4-5-15)18(23)11-20(19)30-2/h3,10-11,15-16,24H,1,4-9,12-14H2,2H3. The van der Waals surface area contributed by atoms with Crippen molar-refractivity contribution in [2.75, 3.05) is 58.2 Å². The van der Waals surface area contributed by atoms with Gasteiger partial charge in [-0.05, 0) is 36.5 Å². The first-order chi connectivity index (χ1) is 14.5. The molecule has 1 aliphatic carbocycles. The minimum Gasteiger partial charge on any atom is -0.495 e. The Bertz CT molecular complexity index is 828. The monoisotopic (exact) mass is 432 g/mol. The van der Waals surface area contributed by atoms with Crippen molar-refractivity contribution < 1.29 is 14.3 Å². The van der Waals surface area contributed by atoms with Crippen LogP contribution in [0.15, 0.2) is 24.8 Å². The number of likely N-dealkylation sites (tertiary alicyclic amines) is 1. The first-order valence-electron chi connectivity index (χ1n) is 10.5. The second kappa shape index (κ2) is 8.86. The molecule has 1 aromatic rings. The molecule has 0 unspecified atom stereocenters. The lowest BCUT2D eigenvalue weighted by Crippen LogP contribution is -2.64. The second-order valence-electron chi connectivity index (χ2n) is 8.22.